The Balaban J connectivity index is -0.000000210. The second kappa shape index (κ2) is 28.2. The van der Waals surface area contributed by atoms with Gasteiger partial charge in [0.05, 0.1) is 12.8 Å². The van der Waals surface area contributed by atoms with Gasteiger partial charge in [0, 0.05) is 74.9 Å². The lowest BCUT2D eigenvalue weighted by atomic mass is 9.88. The van der Waals surface area contributed by atoms with Gasteiger partial charge in [-0.15, -0.1) is 0 Å². The third kappa shape index (κ3) is 25.2. The molecule has 0 unspecified atom stereocenters. The van der Waals surface area contributed by atoms with Gasteiger partial charge < -0.3 is 4.74 Å². The summed E-state index contributed by atoms with van der Waals surface area (Å²) in [5.74, 6) is 0.866. The first-order valence-electron chi connectivity index (χ1n) is 19.8. The number of methoxy groups -OCH3 is 1. The molecule has 0 amide bonds. The Morgan fingerprint density at radius 1 is 0.410 bits per heavy atom. The van der Waals surface area contributed by atoms with Crippen molar-refractivity contribution >= 4 is 0 Å². The molecule has 5 aromatic heterocycles. The zero-order valence-corrected chi connectivity index (χ0v) is 38.8. The second-order valence-corrected chi connectivity index (χ2v) is 19.5. The van der Waals surface area contributed by atoms with Crippen LogP contribution in [0.15, 0.2) is 91.5 Å². The first-order chi connectivity index (χ1) is 25.6. The predicted molar refractivity (Wildman–Crippen MR) is 274 cm³/mol. The van der Waals surface area contributed by atoms with Gasteiger partial charge in [0.25, 0.3) is 0 Å². The predicted octanol–water partition coefficient (Wildman–Crippen LogP) is 16.3. The summed E-state index contributed by atoms with van der Waals surface area (Å²) in [4.78, 5) is 21.7. The largest absolute Gasteiger partial charge is 0.495 e. The molecule has 5 heterocycles. The van der Waals surface area contributed by atoms with Gasteiger partial charge in [-0.3, -0.25) is 24.9 Å². The van der Waals surface area contributed by atoms with Crippen molar-refractivity contribution in [3.05, 3.63) is 142 Å². The normalized spacial score (nSPS) is 10.6. The van der Waals surface area contributed by atoms with Gasteiger partial charge in [-0.1, -0.05) is 165 Å². The van der Waals surface area contributed by atoms with Crippen LogP contribution < -0.4 is 4.74 Å². The molecule has 0 atom stereocenters. The molecule has 0 aliphatic carbocycles. The summed E-state index contributed by atoms with van der Waals surface area (Å²) in [5, 5.41) is 0. The smallest absolute Gasteiger partial charge is 0.140 e. The van der Waals surface area contributed by atoms with Crippen LogP contribution >= 0.6 is 0 Å². The third-order valence-corrected chi connectivity index (χ3v) is 8.53. The molecule has 346 valence electrons. The van der Waals surface area contributed by atoms with Crippen LogP contribution in [0.4, 0.5) is 0 Å². The van der Waals surface area contributed by atoms with E-state index in [1.165, 1.54) is 22.4 Å². The van der Waals surface area contributed by atoms with E-state index in [1.807, 2.05) is 56.7 Å². The van der Waals surface area contributed by atoms with Gasteiger partial charge in [0.2, 0.25) is 0 Å². The summed E-state index contributed by atoms with van der Waals surface area (Å²) in [6.07, 6.45) is 7.52. The Hall–Kier alpha value is -4.45. The van der Waals surface area contributed by atoms with Crippen LogP contribution in [0.2, 0.25) is 0 Å². The maximum Gasteiger partial charge on any atom is 0.140 e. The van der Waals surface area contributed by atoms with Crippen LogP contribution in [0.3, 0.4) is 0 Å². The molecule has 0 radical (unpaired) electrons. The molecule has 5 rings (SSSR count). The molecule has 6 nitrogen and oxygen atoms in total. The minimum Gasteiger partial charge on any atom is -0.495 e. The average Bonchev–Trinajstić information content (AvgIpc) is 3.08. The number of aryl methyl sites for hydroxylation is 4. The average molecular weight is 842 g/mol. The number of hydrogen-bond donors (Lipinski definition) is 0. The maximum absolute atomic E-state index is 5.21. The molecular weight excluding hydrogens is 747 g/mol. The monoisotopic (exact) mass is 842 g/mol. The van der Waals surface area contributed by atoms with Gasteiger partial charge in [-0.05, 0) is 92.3 Å². The van der Waals surface area contributed by atoms with Crippen LogP contribution in [0.5, 0.6) is 5.75 Å². The SMILES string of the molecule is C.C.C.C.C.COc1cccnc1C(C)(C)C.Cc1ccc(C(C)(C)C)cn1.Cc1ccc(C(C)(C)C)nc1.Cc1cccc(C(C)(C)C)n1.Cc1cccnc1C(C)(C)C. The van der Waals surface area contributed by atoms with Crippen molar-refractivity contribution in [1.29, 1.82) is 0 Å². The van der Waals surface area contributed by atoms with E-state index < -0.39 is 0 Å². The summed E-state index contributed by atoms with van der Waals surface area (Å²) in [6.45, 7) is 40.7. The van der Waals surface area contributed by atoms with Crippen molar-refractivity contribution in [2.24, 2.45) is 0 Å². The third-order valence-electron chi connectivity index (χ3n) is 8.53. The molecule has 0 aliphatic rings. The van der Waals surface area contributed by atoms with Crippen LogP contribution in [0, 0.1) is 27.7 Å². The molecule has 0 saturated carbocycles. The Morgan fingerprint density at radius 3 is 1.25 bits per heavy atom. The van der Waals surface area contributed by atoms with Gasteiger partial charge >= 0.3 is 0 Å². The van der Waals surface area contributed by atoms with Gasteiger partial charge in [-0.25, -0.2) is 0 Å². The fraction of sp³-hybridized carbons (Fsp3) is 0.545. The van der Waals surface area contributed by atoms with E-state index in [-0.39, 0.29) is 64.2 Å². The van der Waals surface area contributed by atoms with E-state index in [9.17, 15) is 0 Å². The lowest BCUT2D eigenvalue weighted by Gasteiger charge is -2.19. The van der Waals surface area contributed by atoms with E-state index >= 15 is 0 Å². The first kappa shape index (κ1) is 65.7. The minimum atomic E-state index is 0. The van der Waals surface area contributed by atoms with Crippen LogP contribution in [-0.2, 0) is 27.1 Å². The zero-order valence-electron chi connectivity index (χ0n) is 38.8. The van der Waals surface area contributed by atoms with Crippen molar-refractivity contribution in [2.45, 2.75) is 196 Å². The second-order valence-electron chi connectivity index (χ2n) is 19.5. The lowest BCUT2D eigenvalue weighted by molar-refractivity contribution is 0.392. The molecular formula is C55H95N5O. The highest BCUT2D eigenvalue weighted by atomic mass is 16.5. The zero-order chi connectivity index (χ0) is 43.1. The molecule has 61 heavy (non-hydrogen) atoms. The highest BCUT2D eigenvalue weighted by molar-refractivity contribution is 5.32. The summed E-state index contributed by atoms with van der Waals surface area (Å²) in [6, 6.07) is 22.5. The van der Waals surface area contributed by atoms with Crippen LogP contribution in [-0.4, -0.2) is 32.0 Å². The summed E-state index contributed by atoms with van der Waals surface area (Å²) >= 11 is 0. The van der Waals surface area contributed by atoms with Gasteiger partial charge in [-0.2, -0.15) is 0 Å². The number of ether oxygens (including phenoxy) is 1. The molecule has 0 aromatic carbocycles. The Morgan fingerprint density at radius 2 is 0.918 bits per heavy atom. The number of nitrogens with zero attached hydrogens (tertiary/aromatic N) is 5. The maximum atomic E-state index is 5.21. The first-order valence-corrected chi connectivity index (χ1v) is 19.8. The highest BCUT2D eigenvalue weighted by Gasteiger charge is 2.20. The van der Waals surface area contributed by atoms with Crippen molar-refractivity contribution in [1.82, 2.24) is 24.9 Å². The fourth-order valence-corrected chi connectivity index (χ4v) is 5.17. The van der Waals surface area contributed by atoms with Crippen LogP contribution in [0.1, 0.15) is 192 Å². The standard InChI is InChI=1S/C10H15NO.4C10H15N.5CH4/c1-10(2,3)9-8(12-4)6-5-7-11-9;1-8-5-6-9(7-11-8)10(2,3)4;1-8-5-6-9(11-7-8)10(2,3)4;1-8-6-5-7-11-9(8)10(2,3)4;1-8-6-5-7-9(11-8)10(2,3)4;;;;;/h5-7H,1-4H3;4*5-7H,1-4H3;5*1H4. The Bertz CT molecular complexity index is 1810. The quantitative estimate of drug-likeness (QED) is 0.167. The van der Waals surface area contributed by atoms with Crippen molar-refractivity contribution < 1.29 is 4.74 Å². The van der Waals surface area contributed by atoms with E-state index in [0.29, 0.717) is 0 Å². The topological polar surface area (TPSA) is 73.7 Å². The van der Waals surface area contributed by atoms with Crippen molar-refractivity contribution in [2.75, 3.05) is 7.11 Å². The molecule has 5 aromatic rings. The number of pyridine rings is 5. The van der Waals surface area contributed by atoms with Gasteiger partial charge in [0.15, 0.2) is 0 Å². The fourth-order valence-electron chi connectivity index (χ4n) is 5.17. The van der Waals surface area contributed by atoms with Crippen molar-refractivity contribution in [3.8, 4) is 5.75 Å². The van der Waals surface area contributed by atoms with Crippen LogP contribution in [0.25, 0.3) is 0 Å². The highest BCUT2D eigenvalue weighted by Crippen LogP contribution is 2.28. The molecule has 0 saturated heterocycles. The van der Waals surface area contributed by atoms with E-state index in [1.54, 1.807) is 13.3 Å². The molecule has 6 heteroatoms. The molecule has 0 N–H and O–H groups in total. The van der Waals surface area contributed by atoms with E-state index in [4.69, 9.17) is 4.74 Å². The summed E-state index contributed by atoms with van der Waals surface area (Å²) in [7, 11) is 1.67. The number of rotatable bonds is 1. The van der Waals surface area contributed by atoms with Crippen molar-refractivity contribution in [3.63, 3.8) is 0 Å². The molecule has 0 fully saturated rings. The Labute approximate surface area is 379 Å². The number of hydrogen-bond acceptors (Lipinski definition) is 6. The Kier molecular flexibility index (Phi) is 30.4. The summed E-state index contributed by atoms with van der Waals surface area (Å²) < 4.78 is 5.21. The van der Waals surface area contributed by atoms with Gasteiger partial charge in [0.1, 0.15) is 5.75 Å². The lowest BCUT2D eigenvalue weighted by Crippen LogP contribution is -2.14. The number of aromatic nitrogens is 5. The molecule has 0 spiro atoms. The molecule has 0 bridgehead atoms. The van der Waals surface area contributed by atoms with E-state index in [0.717, 1.165) is 34.2 Å². The summed E-state index contributed by atoms with van der Waals surface area (Å²) in [5.41, 5.74) is 11.3. The molecule has 0 aliphatic heterocycles. The minimum absolute atomic E-state index is 0. The van der Waals surface area contributed by atoms with E-state index in [2.05, 4.69) is 185 Å².